The smallest absolute Gasteiger partial charge is 0.343 e. The molecule has 0 N–H and O–H groups in total. The van der Waals surface area contributed by atoms with Gasteiger partial charge < -0.3 is 14.2 Å². The van der Waals surface area contributed by atoms with Gasteiger partial charge in [-0.15, -0.1) is 6.58 Å². The molecule has 3 aromatic carbocycles. The summed E-state index contributed by atoms with van der Waals surface area (Å²) in [6.45, 7) is 9.69. The van der Waals surface area contributed by atoms with Crippen LogP contribution in [0.5, 0.6) is 17.2 Å². The number of allylic oxidation sites excluding steroid dienone is 1. The number of esters is 1. The lowest BCUT2D eigenvalue weighted by atomic mass is 10.0. The summed E-state index contributed by atoms with van der Waals surface area (Å²) in [5, 5.41) is 0. The average molecular weight is 515 g/mol. The summed E-state index contributed by atoms with van der Waals surface area (Å²) in [7, 11) is 0. The number of ether oxygens (including phenoxy) is 3. The molecular weight excluding hydrogens is 472 g/mol. The van der Waals surface area contributed by atoms with Crippen LogP contribution in [0.1, 0.15) is 75.6 Å². The van der Waals surface area contributed by atoms with Crippen LogP contribution in [0.25, 0.3) is 11.1 Å². The Morgan fingerprint density at radius 1 is 0.737 bits per heavy atom. The number of carbonyl (C=O) groups is 1. The van der Waals surface area contributed by atoms with Crippen molar-refractivity contribution in [3.63, 3.8) is 0 Å². The van der Waals surface area contributed by atoms with Crippen molar-refractivity contribution in [2.24, 2.45) is 5.92 Å². The molecule has 0 saturated carbocycles. The van der Waals surface area contributed by atoms with Crippen molar-refractivity contribution in [3.8, 4) is 28.4 Å². The fourth-order valence-electron chi connectivity index (χ4n) is 4.07. The van der Waals surface area contributed by atoms with Gasteiger partial charge in [0.2, 0.25) is 0 Å². The Kier molecular flexibility index (Phi) is 12.5. The van der Waals surface area contributed by atoms with Crippen LogP contribution in [0.2, 0.25) is 0 Å². The van der Waals surface area contributed by atoms with Gasteiger partial charge in [-0.25, -0.2) is 4.79 Å². The molecule has 0 saturated heterocycles. The molecule has 0 aromatic heterocycles. The highest BCUT2D eigenvalue weighted by Gasteiger charge is 2.10. The molecule has 4 heteroatoms. The summed E-state index contributed by atoms with van der Waals surface area (Å²) >= 11 is 0. The topological polar surface area (TPSA) is 44.8 Å². The minimum absolute atomic E-state index is 0.383. The van der Waals surface area contributed by atoms with Gasteiger partial charge in [-0.2, -0.15) is 0 Å². The summed E-state index contributed by atoms with van der Waals surface area (Å²) in [5.74, 6) is 2.52. The van der Waals surface area contributed by atoms with Gasteiger partial charge in [0.25, 0.3) is 0 Å². The minimum atomic E-state index is -0.383. The van der Waals surface area contributed by atoms with Crippen molar-refractivity contribution in [2.75, 3.05) is 13.2 Å². The molecular formula is C34H42O4. The number of carbonyl (C=O) groups excluding carboxylic acids is 1. The van der Waals surface area contributed by atoms with E-state index in [1.807, 2.05) is 54.6 Å². The molecule has 0 aliphatic rings. The van der Waals surface area contributed by atoms with Crippen LogP contribution in [0.15, 0.2) is 85.5 Å². The molecule has 0 bridgehead atoms. The highest BCUT2D eigenvalue weighted by atomic mass is 16.5. The van der Waals surface area contributed by atoms with Crippen LogP contribution in [0.4, 0.5) is 0 Å². The Labute approximate surface area is 228 Å². The Bertz CT molecular complexity index is 1080. The van der Waals surface area contributed by atoms with E-state index in [-0.39, 0.29) is 5.97 Å². The highest BCUT2D eigenvalue weighted by Crippen LogP contribution is 2.24. The van der Waals surface area contributed by atoms with Crippen molar-refractivity contribution in [2.45, 2.75) is 65.2 Å². The lowest BCUT2D eigenvalue weighted by Crippen LogP contribution is -2.08. The van der Waals surface area contributed by atoms with E-state index in [9.17, 15) is 4.79 Å². The van der Waals surface area contributed by atoms with Crippen LogP contribution in [0, 0.1) is 5.92 Å². The normalized spacial score (nSPS) is 11.5. The molecule has 38 heavy (non-hydrogen) atoms. The second-order valence-electron chi connectivity index (χ2n) is 9.81. The molecule has 0 aliphatic heterocycles. The summed E-state index contributed by atoms with van der Waals surface area (Å²) in [4.78, 5) is 12.6. The zero-order chi connectivity index (χ0) is 27.0. The lowest BCUT2D eigenvalue weighted by molar-refractivity contribution is 0.0734. The van der Waals surface area contributed by atoms with E-state index in [2.05, 4.69) is 20.4 Å². The Hall–Kier alpha value is -3.53. The summed E-state index contributed by atoms with van der Waals surface area (Å²) in [6, 6.07) is 22.8. The zero-order valence-electron chi connectivity index (χ0n) is 23.0. The number of hydrogen-bond acceptors (Lipinski definition) is 4. The number of benzene rings is 3. The highest BCUT2D eigenvalue weighted by molar-refractivity contribution is 5.91. The fourth-order valence-corrected chi connectivity index (χ4v) is 4.07. The van der Waals surface area contributed by atoms with E-state index in [1.54, 1.807) is 24.3 Å². The van der Waals surface area contributed by atoms with Gasteiger partial charge in [0.05, 0.1) is 18.8 Å². The number of unbranched alkanes of at least 4 members (excludes halogenated alkanes) is 4. The largest absolute Gasteiger partial charge is 0.494 e. The Balaban J connectivity index is 1.42. The monoisotopic (exact) mass is 514 g/mol. The Morgan fingerprint density at radius 2 is 1.26 bits per heavy atom. The molecule has 0 radical (unpaired) electrons. The van der Waals surface area contributed by atoms with Crippen LogP contribution in [0.3, 0.4) is 0 Å². The third-order valence-corrected chi connectivity index (χ3v) is 6.72. The number of hydrogen-bond donors (Lipinski definition) is 0. The first-order valence-corrected chi connectivity index (χ1v) is 14.0. The average Bonchev–Trinajstić information content (AvgIpc) is 2.96. The molecule has 0 spiro atoms. The maximum atomic E-state index is 12.6. The van der Waals surface area contributed by atoms with E-state index in [1.165, 1.54) is 25.7 Å². The molecule has 202 valence electrons. The van der Waals surface area contributed by atoms with Gasteiger partial charge in [0, 0.05) is 0 Å². The van der Waals surface area contributed by atoms with Crippen molar-refractivity contribution in [3.05, 3.63) is 91.0 Å². The van der Waals surface area contributed by atoms with Crippen LogP contribution in [-0.2, 0) is 0 Å². The van der Waals surface area contributed by atoms with E-state index in [0.717, 1.165) is 60.8 Å². The lowest BCUT2D eigenvalue weighted by Gasteiger charge is -2.10. The molecule has 1 unspecified atom stereocenters. The van der Waals surface area contributed by atoms with Crippen LogP contribution >= 0.6 is 0 Å². The maximum Gasteiger partial charge on any atom is 0.343 e. The SMILES string of the molecule is C=CCCCCCCOc1ccc(OC(=O)c2ccc(-c3ccc(OCCCC(C)CC)cc3)cc2)cc1. The number of rotatable bonds is 17. The van der Waals surface area contributed by atoms with Gasteiger partial charge in [-0.1, -0.05) is 63.5 Å². The molecule has 0 aliphatic carbocycles. The first kappa shape index (κ1) is 29.0. The Morgan fingerprint density at radius 3 is 1.87 bits per heavy atom. The van der Waals surface area contributed by atoms with Gasteiger partial charge in [-0.05, 0) is 97.7 Å². The van der Waals surface area contributed by atoms with E-state index >= 15 is 0 Å². The first-order valence-electron chi connectivity index (χ1n) is 14.0. The molecule has 0 fully saturated rings. The van der Waals surface area contributed by atoms with Crippen LogP contribution < -0.4 is 14.2 Å². The minimum Gasteiger partial charge on any atom is -0.494 e. The van der Waals surface area contributed by atoms with Gasteiger partial charge in [-0.3, -0.25) is 0 Å². The van der Waals surface area contributed by atoms with E-state index in [4.69, 9.17) is 14.2 Å². The third kappa shape index (κ3) is 10.1. The van der Waals surface area contributed by atoms with E-state index in [0.29, 0.717) is 17.9 Å². The molecule has 1 atom stereocenters. The molecule has 3 aromatic rings. The molecule has 0 amide bonds. The molecule has 4 nitrogen and oxygen atoms in total. The van der Waals surface area contributed by atoms with Gasteiger partial charge in [0.1, 0.15) is 17.2 Å². The maximum absolute atomic E-state index is 12.6. The fraction of sp³-hybridized carbons (Fsp3) is 0.382. The van der Waals surface area contributed by atoms with Gasteiger partial charge >= 0.3 is 5.97 Å². The quantitative estimate of drug-likeness (QED) is 0.0779. The summed E-state index contributed by atoms with van der Waals surface area (Å²) < 4.78 is 17.2. The molecule has 0 heterocycles. The predicted octanol–water partition coefficient (Wildman–Crippen LogP) is 9.29. The second-order valence-corrected chi connectivity index (χ2v) is 9.81. The zero-order valence-corrected chi connectivity index (χ0v) is 23.0. The van der Waals surface area contributed by atoms with Crippen molar-refractivity contribution >= 4 is 5.97 Å². The summed E-state index contributed by atoms with van der Waals surface area (Å²) in [5.41, 5.74) is 2.61. The third-order valence-electron chi connectivity index (χ3n) is 6.72. The van der Waals surface area contributed by atoms with Crippen molar-refractivity contribution in [1.29, 1.82) is 0 Å². The predicted molar refractivity (Wildman–Crippen MR) is 156 cm³/mol. The van der Waals surface area contributed by atoms with Gasteiger partial charge in [0.15, 0.2) is 0 Å². The van der Waals surface area contributed by atoms with Crippen LogP contribution in [-0.4, -0.2) is 19.2 Å². The van der Waals surface area contributed by atoms with Crippen molar-refractivity contribution in [1.82, 2.24) is 0 Å². The summed E-state index contributed by atoms with van der Waals surface area (Å²) in [6.07, 6.45) is 11.1. The van der Waals surface area contributed by atoms with Crippen molar-refractivity contribution < 1.29 is 19.0 Å². The van der Waals surface area contributed by atoms with E-state index < -0.39 is 0 Å². The molecule has 3 rings (SSSR count). The second kappa shape index (κ2) is 16.3. The first-order chi connectivity index (χ1) is 18.6. The standard InChI is InChI=1S/C34H42O4/c1-4-6-7-8-9-10-25-36-32-21-23-33(24-22-32)38-34(35)30-15-13-28(14-16-30)29-17-19-31(20-18-29)37-26-11-12-27(3)5-2/h4,13-24,27H,1,5-12,25-26H2,2-3H3.